The van der Waals surface area contributed by atoms with E-state index in [9.17, 15) is 14.4 Å². The number of thioether (sulfide) groups is 1. The molecule has 0 saturated carbocycles. The van der Waals surface area contributed by atoms with Gasteiger partial charge in [0.25, 0.3) is 5.56 Å². The fourth-order valence-corrected chi connectivity index (χ4v) is 2.20. The zero-order valence-electron chi connectivity index (χ0n) is 10.6. The summed E-state index contributed by atoms with van der Waals surface area (Å²) in [5.74, 6) is 0.328. The molecule has 0 amide bonds. The van der Waals surface area contributed by atoms with Gasteiger partial charge in [-0.3, -0.25) is 18.7 Å². The second kappa shape index (κ2) is 6.44. The third kappa shape index (κ3) is 3.49. The van der Waals surface area contributed by atoms with E-state index < -0.39 is 0 Å². The highest BCUT2D eigenvalue weighted by Gasteiger charge is 2.07. The summed E-state index contributed by atoms with van der Waals surface area (Å²) in [6.07, 6.45) is 0. The van der Waals surface area contributed by atoms with Crippen molar-refractivity contribution in [2.24, 2.45) is 14.1 Å². The minimum Gasteiger partial charge on any atom is -0.465 e. The molecule has 18 heavy (non-hydrogen) atoms. The minimum atomic E-state index is -0.366. The van der Waals surface area contributed by atoms with Crippen LogP contribution < -0.4 is 11.2 Å². The summed E-state index contributed by atoms with van der Waals surface area (Å²) in [5.41, 5.74) is -0.114. The summed E-state index contributed by atoms with van der Waals surface area (Å²) in [7, 11) is 3.03. The fourth-order valence-electron chi connectivity index (χ4n) is 1.36. The van der Waals surface area contributed by atoms with Gasteiger partial charge >= 0.3 is 11.7 Å². The Morgan fingerprint density at radius 1 is 1.33 bits per heavy atom. The van der Waals surface area contributed by atoms with Crippen LogP contribution >= 0.6 is 11.8 Å². The van der Waals surface area contributed by atoms with Crippen LogP contribution in [0.1, 0.15) is 12.6 Å². The van der Waals surface area contributed by atoms with Gasteiger partial charge in [-0.05, 0) is 6.92 Å². The van der Waals surface area contributed by atoms with E-state index in [0.29, 0.717) is 18.1 Å². The van der Waals surface area contributed by atoms with E-state index in [2.05, 4.69) is 0 Å². The maximum Gasteiger partial charge on any atom is 0.330 e. The Hall–Kier alpha value is -1.50. The van der Waals surface area contributed by atoms with Crippen LogP contribution in [0.15, 0.2) is 15.7 Å². The molecule has 0 radical (unpaired) electrons. The van der Waals surface area contributed by atoms with Gasteiger partial charge in [0.15, 0.2) is 0 Å². The molecule has 1 rings (SSSR count). The monoisotopic (exact) mass is 272 g/mol. The van der Waals surface area contributed by atoms with E-state index in [-0.39, 0.29) is 23.0 Å². The Kier molecular flexibility index (Phi) is 5.21. The molecule has 1 aromatic rings. The van der Waals surface area contributed by atoms with Crippen molar-refractivity contribution < 1.29 is 9.53 Å². The summed E-state index contributed by atoms with van der Waals surface area (Å²) >= 11 is 1.31. The summed E-state index contributed by atoms with van der Waals surface area (Å²) in [4.78, 5) is 34.2. The average molecular weight is 272 g/mol. The molecule has 0 unspecified atom stereocenters. The molecule has 6 nitrogen and oxygen atoms in total. The second-order valence-corrected chi connectivity index (χ2v) is 4.66. The van der Waals surface area contributed by atoms with Crippen LogP contribution in [-0.2, 0) is 29.4 Å². The van der Waals surface area contributed by atoms with Crippen molar-refractivity contribution in [2.45, 2.75) is 12.7 Å². The fraction of sp³-hybridized carbons (Fsp3) is 0.545. The molecule has 1 aromatic heterocycles. The standard InChI is InChI=1S/C11H16N2O4S/c1-4-17-10(15)7-18-6-8-5-9(14)13(3)11(16)12(8)2/h5H,4,6-7H2,1-3H3. The molecule has 0 bridgehead atoms. The number of nitrogens with zero attached hydrogens (tertiary/aromatic N) is 2. The molecule has 0 aromatic carbocycles. The molecule has 0 aliphatic rings. The predicted octanol–water partition coefficient (Wildman–Crippen LogP) is -0.120. The largest absolute Gasteiger partial charge is 0.465 e. The van der Waals surface area contributed by atoms with Crippen molar-refractivity contribution in [1.29, 1.82) is 0 Å². The van der Waals surface area contributed by atoms with E-state index in [0.717, 1.165) is 4.57 Å². The Morgan fingerprint density at radius 3 is 2.61 bits per heavy atom. The van der Waals surface area contributed by atoms with Crippen LogP contribution in [0.4, 0.5) is 0 Å². The number of carbonyl (C=O) groups is 1. The highest BCUT2D eigenvalue weighted by molar-refractivity contribution is 7.99. The van der Waals surface area contributed by atoms with Crippen LogP contribution in [-0.4, -0.2) is 27.5 Å². The molecule has 0 atom stereocenters. The van der Waals surface area contributed by atoms with E-state index in [1.54, 1.807) is 14.0 Å². The number of rotatable bonds is 5. The third-order valence-corrected chi connectivity index (χ3v) is 3.34. The molecule has 0 spiro atoms. The van der Waals surface area contributed by atoms with Crippen molar-refractivity contribution in [1.82, 2.24) is 9.13 Å². The van der Waals surface area contributed by atoms with Crippen LogP contribution in [0, 0.1) is 0 Å². The number of ether oxygens (including phenoxy) is 1. The SMILES string of the molecule is CCOC(=O)CSCc1cc(=O)n(C)c(=O)n1C. The van der Waals surface area contributed by atoms with Gasteiger partial charge in [0, 0.05) is 31.6 Å². The van der Waals surface area contributed by atoms with Crippen molar-refractivity contribution in [3.05, 3.63) is 32.6 Å². The summed E-state index contributed by atoms with van der Waals surface area (Å²) in [6, 6.07) is 1.40. The number of hydrogen-bond acceptors (Lipinski definition) is 5. The van der Waals surface area contributed by atoms with Gasteiger partial charge < -0.3 is 4.74 Å². The van der Waals surface area contributed by atoms with Crippen LogP contribution in [0.2, 0.25) is 0 Å². The van der Waals surface area contributed by atoms with E-state index in [1.807, 2.05) is 0 Å². The first kappa shape index (κ1) is 14.6. The summed E-state index contributed by atoms with van der Waals surface area (Å²) in [5, 5.41) is 0. The normalized spacial score (nSPS) is 10.4. The second-order valence-electron chi connectivity index (χ2n) is 3.67. The highest BCUT2D eigenvalue weighted by atomic mass is 32.2. The summed E-state index contributed by atoms with van der Waals surface area (Å²) in [6.45, 7) is 2.09. The lowest BCUT2D eigenvalue weighted by Crippen LogP contribution is -2.37. The van der Waals surface area contributed by atoms with Crippen molar-refractivity contribution in [3.63, 3.8) is 0 Å². The van der Waals surface area contributed by atoms with Gasteiger partial charge in [-0.15, -0.1) is 11.8 Å². The quantitative estimate of drug-likeness (QED) is 0.699. The van der Waals surface area contributed by atoms with Gasteiger partial charge in [0.1, 0.15) is 0 Å². The zero-order valence-corrected chi connectivity index (χ0v) is 11.5. The van der Waals surface area contributed by atoms with Gasteiger partial charge in [-0.1, -0.05) is 0 Å². The Bertz CT molecular complexity index is 547. The molecular formula is C11H16N2O4S. The Morgan fingerprint density at radius 2 is 2.00 bits per heavy atom. The number of carbonyl (C=O) groups excluding carboxylic acids is 1. The van der Waals surface area contributed by atoms with Crippen molar-refractivity contribution in [2.75, 3.05) is 12.4 Å². The first-order valence-corrected chi connectivity index (χ1v) is 6.62. The number of aromatic nitrogens is 2. The van der Waals surface area contributed by atoms with Gasteiger partial charge in [-0.2, -0.15) is 0 Å². The zero-order chi connectivity index (χ0) is 13.7. The maximum absolute atomic E-state index is 11.6. The van der Waals surface area contributed by atoms with Crippen molar-refractivity contribution in [3.8, 4) is 0 Å². The lowest BCUT2D eigenvalue weighted by Gasteiger charge is -2.08. The molecule has 0 N–H and O–H groups in total. The van der Waals surface area contributed by atoms with E-state index in [4.69, 9.17) is 4.74 Å². The van der Waals surface area contributed by atoms with Crippen LogP contribution in [0.5, 0.6) is 0 Å². The van der Waals surface area contributed by atoms with E-state index >= 15 is 0 Å². The number of esters is 1. The average Bonchev–Trinajstić information content (AvgIpc) is 2.33. The molecule has 0 saturated heterocycles. The Labute approximate surface area is 109 Å². The van der Waals surface area contributed by atoms with Gasteiger partial charge in [-0.25, -0.2) is 4.79 Å². The topological polar surface area (TPSA) is 70.3 Å². The smallest absolute Gasteiger partial charge is 0.330 e. The summed E-state index contributed by atoms with van der Waals surface area (Å²) < 4.78 is 7.23. The third-order valence-electron chi connectivity index (χ3n) is 2.40. The highest BCUT2D eigenvalue weighted by Crippen LogP contribution is 2.09. The molecule has 100 valence electrons. The predicted molar refractivity (Wildman–Crippen MR) is 69.7 cm³/mol. The van der Waals surface area contributed by atoms with Crippen LogP contribution in [0.3, 0.4) is 0 Å². The molecule has 0 aliphatic heterocycles. The first-order chi connectivity index (χ1) is 8.47. The first-order valence-electron chi connectivity index (χ1n) is 5.46. The number of hydrogen-bond donors (Lipinski definition) is 0. The van der Waals surface area contributed by atoms with E-state index in [1.165, 1.54) is 29.4 Å². The molecule has 1 heterocycles. The molecular weight excluding hydrogens is 256 g/mol. The van der Waals surface area contributed by atoms with Crippen molar-refractivity contribution >= 4 is 17.7 Å². The van der Waals surface area contributed by atoms with Gasteiger partial charge in [0.05, 0.1) is 12.4 Å². The molecule has 0 aliphatic carbocycles. The lowest BCUT2D eigenvalue weighted by molar-refractivity contribution is -0.139. The minimum absolute atomic E-state index is 0.206. The molecule has 0 fully saturated rings. The molecule has 7 heteroatoms. The van der Waals surface area contributed by atoms with Gasteiger partial charge in [0.2, 0.25) is 0 Å². The lowest BCUT2D eigenvalue weighted by atomic mass is 10.4. The van der Waals surface area contributed by atoms with Crippen LogP contribution in [0.25, 0.3) is 0 Å². The Balaban J connectivity index is 2.72. The maximum atomic E-state index is 11.6.